The Balaban J connectivity index is 2.32. The first-order valence-corrected chi connectivity index (χ1v) is 6.85. The Bertz CT molecular complexity index is 679. The normalized spacial score (nSPS) is 11.8. The molecule has 96 valence electrons. The lowest BCUT2D eigenvalue weighted by Gasteiger charge is -2.07. The number of benzene rings is 2. The van der Waals surface area contributed by atoms with Gasteiger partial charge in [0.2, 0.25) is 0 Å². The SMILES string of the molecule is N#Cc1ccc(F)cc1CS(=O)c1ccccc1N. The molecule has 5 heteroatoms. The van der Waals surface area contributed by atoms with E-state index in [-0.39, 0.29) is 5.75 Å². The first kappa shape index (κ1) is 13.2. The van der Waals surface area contributed by atoms with Gasteiger partial charge in [-0.25, -0.2) is 4.39 Å². The highest BCUT2D eigenvalue weighted by Gasteiger charge is 2.12. The van der Waals surface area contributed by atoms with Crippen molar-refractivity contribution < 1.29 is 8.60 Å². The highest BCUT2D eigenvalue weighted by Crippen LogP contribution is 2.20. The Labute approximate surface area is 112 Å². The molecule has 0 saturated carbocycles. The van der Waals surface area contributed by atoms with Crippen molar-refractivity contribution in [2.75, 3.05) is 5.73 Å². The molecule has 19 heavy (non-hydrogen) atoms. The van der Waals surface area contributed by atoms with E-state index in [2.05, 4.69) is 0 Å². The molecule has 2 rings (SSSR count). The minimum absolute atomic E-state index is 0.0644. The van der Waals surface area contributed by atoms with Gasteiger partial charge >= 0.3 is 0 Å². The van der Waals surface area contributed by atoms with E-state index in [1.165, 1.54) is 18.2 Å². The quantitative estimate of drug-likeness (QED) is 0.875. The van der Waals surface area contributed by atoms with Crippen molar-refractivity contribution in [2.24, 2.45) is 0 Å². The Morgan fingerprint density at radius 2 is 2.00 bits per heavy atom. The molecular formula is C14H11FN2OS. The number of hydrogen-bond donors (Lipinski definition) is 1. The number of nitrogens with two attached hydrogens (primary N) is 1. The number of nitriles is 1. The molecule has 3 nitrogen and oxygen atoms in total. The van der Waals surface area contributed by atoms with E-state index in [1.807, 2.05) is 6.07 Å². The molecule has 0 heterocycles. The van der Waals surface area contributed by atoms with Crippen molar-refractivity contribution >= 4 is 16.5 Å². The van der Waals surface area contributed by atoms with Crippen LogP contribution in [0, 0.1) is 17.1 Å². The molecule has 2 N–H and O–H groups in total. The number of hydrogen-bond acceptors (Lipinski definition) is 3. The van der Waals surface area contributed by atoms with Crippen molar-refractivity contribution in [3.63, 3.8) is 0 Å². The Kier molecular flexibility index (Phi) is 3.93. The van der Waals surface area contributed by atoms with E-state index in [0.29, 0.717) is 21.7 Å². The summed E-state index contributed by atoms with van der Waals surface area (Å²) >= 11 is 0. The predicted octanol–water partition coefficient (Wildman–Crippen LogP) is 2.59. The van der Waals surface area contributed by atoms with Gasteiger partial charge in [-0.1, -0.05) is 12.1 Å². The van der Waals surface area contributed by atoms with E-state index in [9.17, 15) is 8.60 Å². The van der Waals surface area contributed by atoms with Crippen LogP contribution < -0.4 is 5.73 Å². The number of nitrogen functional groups attached to an aromatic ring is 1. The van der Waals surface area contributed by atoms with Crippen LogP contribution in [0.3, 0.4) is 0 Å². The molecule has 2 aromatic rings. The molecule has 2 aromatic carbocycles. The second-order valence-electron chi connectivity index (χ2n) is 3.94. The second kappa shape index (κ2) is 5.63. The molecular weight excluding hydrogens is 263 g/mol. The highest BCUT2D eigenvalue weighted by molar-refractivity contribution is 7.84. The van der Waals surface area contributed by atoms with Crippen molar-refractivity contribution in [3.05, 3.63) is 59.4 Å². The molecule has 0 spiro atoms. The maximum atomic E-state index is 13.2. The number of halogens is 1. The number of para-hydroxylation sites is 1. The summed E-state index contributed by atoms with van der Waals surface area (Å²) in [5, 5.41) is 8.95. The van der Waals surface area contributed by atoms with Crippen LogP contribution in [0.15, 0.2) is 47.4 Å². The van der Waals surface area contributed by atoms with E-state index >= 15 is 0 Å². The monoisotopic (exact) mass is 274 g/mol. The molecule has 0 aromatic heterocycles. The van der Waals surface area contributed by atoms with Gasteiger partial charge in [-0.3, -0.25) is 4.21 Å². The van der Waals surface area contributed by atoms with E-state index in [0.717, 1.165) is 0 Å². The fourth-order valence-electron chi connectivity index (χ4n) is 1.70. The zero-order valence-electron chi connectivity index (χ0n) is 9.97. The topological polar surface area (TPSA) is 66.9 Å². The first-order chi connectivity index (χ1) is 9.11. The van der Waals surface area contributed by atoms with Crippen molar-refractivity contribution in [2.45, 2.75) is 10.6 Å². The molecule has 0 aliphatic heterocycles. The fourth-order valence-corrected chi connectivity index (χ4v) is 2.94. The van der Waals surface area contributed by atoms with Crippen LogP contribution >= 0.6 is 0 Å². The lowest BCUT2D eigenvalue weighted by Crippen LogP contribution is -2.02. The molecule has 0 bridgehead atoms. The van der Waals surface area contributed by atoms with Crippen LogP contribution in [0.2, 0.25) is 0 Å². The fraction of sp³-hybridized carbons (Fsp3) is 0.0714. The van der Waals surface area contributed by atoms with Crippen LogP contribution in [0.1, 0.15) is 11.1 Å². The molecule has 0 fully saturated rings. The zero-order valence-corrected chi connectivity index (χ0v) is 10.8. The molecule has 1 atom stereocenters. The predicted molar refractivity (Wildman–Crippen MR) is 72.1 cm³/mol. The van der Waals surface area contributed by atoms with Gasteiger partial charge in [0.1, 0.15) is 5.82 Å². The van der Waals surface area contributed by atoms with E-state index in [4.69, 9.17) is 11.0 Å². The third-order valence-corrected chi connectivity index (χ3v) is 4.07. The average molecular weight is 274 g/mol. The summed E-state index contributed by atoms with van der Waals surface area (Å²) in [6.45, 7) is 0. The summed E-state index contributed by atoms with van der Waals surface area (Å²) in [7, 11) is -1.41. The summed E-state index contributed by atoms with van der Waals surface area (Å²) in [6, 6.07) is 12.6. The maximum Gasteiger partial charge on any atom is 0.123 e. The van der Waals surface area contributed by atoms with Gasteiger partial charge in [-0.05, 0) is 35.9 Å². The molecule has 0 amide bonds. The standard InChI is InChI=1S/C14H11FN2OS/c15-12-6-5-10(8-16)11(7-12)9-19(18)14-4-2-1-3-13(14)17/h1-7H,9,17H2. The van der Waals surface area contributed by atoms with Gasteiger partial charge in [0.15, 0.2) is 0 Å². The zero-order chi connectivity index (χ0) is 13.8. The lowest BCUT2D eigenvalue weighted by molar-refractivity contribution is 0.626. The number of anilines is 1. The lowest BCUT2D eigenvalue weighted by atomic mass is 10.1. The summed E-state index contributed by atoms with van der Waals surface area (Å²) in [5.41, 5.74) is 6.91. The van der Waals surface area contributed by atoms with Crippen LogP contribution in [0.5, 0.6) is 0 Å². The molecule has 1 unspecified atom stereocenters. The van der Waals surface area contributed by atoms with E-state index in [1.54, 1.807) is 24.3 Å². The third kappa shape index (κ3) is 2.98. The summed E-state index contributed by atoms with van der Waals surface area (Å²) in [6.07, 6.45) is 0. The molecule has 0 radical (unpaired) electrons. The van der Waals surface area contributed by atoms with Crippen LogP contribution in [-0.2, 0) is 16.6 Å². The van der Waals surface area contributed by atoms with Crippen LogP contribution in [-0.4, -0.2) is 4.21 Å². The summed E-state index contributed by atoms with van der Waals surface area (Å²) < 4.78 is 25.4. The van der Waals surface area contributed by atoms with E-state index < -0.39 is 16.6 Å². The molecule has 0 aliphatic carbocycles. The first-order valence-electron chi connectivity index (χ1n) is 5.53. The third-order valence-electron chi connectivity index (χ3n) is 2.64. The van der Waals surface area contributed by atoms with Gasteiger partial charge in [0.05, 0.1) is 33.1 Å². The van der Waals surface area contributed by atoms with Crippen LogP contribution in [0.25, 0.3) is 0 Å². The Morgan fingerprint density at radius 3 is 2.68 bits per heavy atom. The number of rotatable bonds is 3. The largest absolute Gasteiger partial charge is 0.398 e. The summed E-state index contributed by atoms with van der Waals surface area (Å²) in [4.78, 5) is 0.496. The maximum absolute atomic E-state index is 13.2. The minimum Gasteiger partial charge on any atom is -0.398 e. The Morgan fingerprint density at radius 1 is 1.26 bits per heavy atom. The second-order valence-corrected chi connectivity index (χ2v) is 5.36. The van der Waals surface area contributed by atoms with Crippen molar-refractivity contribution in [1.82, 2.24) is 0 Å². The van der Waals surface area contributed by atoms with Gasteiger partial charge in [-0.2, -0.15) is 5.26 Å². The van der Waals surface area contributed by atoms with Crippen molar-refractivity contribution in [3.8, 4) is 6.07 Å². The van der Waals surface area contributed by atoms with Gasteiger partial charge in [0, 0.05) is 5.69 Å². The van der Waals surface area contributed by atoms with Crippen molar-refractivity contribution in [1.29, 1.82) is 5.26 Å². The molecule has 0 saturated heterocycles. The van der Waals surface area contributed by atoms with Crippen LogP contribution in [0.4, 0.5) is 10.1 Å². The van der Waals surface area contributed by atoms with Gasteiger partial charge < -0.3 is 5.73 Å². The molecule has 0 aliphatic rings. The van der Waals surface area contributed by atoms with Gasteiger partial charge in [0.25, 0.3) is 0 Å². The average Bonchev–Trinajstić information content (AvgIpc) is 2.39. The number of nitrogens with zero attached hydrogens (tertiary/aromatic N) is 1. The Hall–Kier alpha value is -2.19. The summed E-state index contributed by atoms with van der Waals surface area (Å²) in [5.74, 6) is -0.387. The van der Waals surface area contributed by atoms with Gasteiger partial charge in [-0.15, -0.1) is 0 Å². The highest BCUT2D eigenvalue weighted by atomic mass is 32.2. The minimum atomic E-state index is -1.41. The smallest absolute Gasteiger partial charge is 0.123 e.